The molecule has 3 aromatic rings. The first-order valence-corrected chi connectivity index (χ1v) is 11.1. The van der Waals surface area contributed by atoms with Gasteiger partial charge in [0.1, 0.15) is 18.2 Å². The van der Waals surface area contributed by atoms with E-state index >= 15 is 0 Å². The number of halogens is 1. The molecule has 35 heavy (non-hydrogen) atoms. The van der Waals surface area contributed by atoms with Crippen molar-refractivity contribution in [1.82, 2.24) is 0 Å². The van der Waals surface area contributed by atoms with Gasteiger partial charge in [0.15, 0.2) is 4.32 Å². The van der Waals surface area contributed by atoms with Crippen LogP contribution in [0.5, 0.6) is 5.75 Å². The molecule has 0 atom stereocenters. The highest BCUT2D eigenvalue weighted by atomic mass is 32.2. The van der Waals surface area contributed by atoms with Crippen molar-refractivity contribution in [1.29, 1.82) is 0 Å². The van der Waals surface area contributed by atoms with Crippen molar-refractivity contribution in [2.75, 3.05) is 4.90 Å². The number of benzene rings is 3. The van der Waals surface area contributed by atoms with Gasteiger partial charge in [0.25, 0.3) is 17.3 Å². The summed E-state index contributed by atoms with van der Waals surface area (Å²) in [5, 5.41) is 22.4. The standard InChI is InChI=1S/C23H14FN3O6S2/c24-16-6-4-14(5-7-16)13-33-20-9-8-19(27(31)32)10-15(20)11-21-22(28)25(23(34)35-21)17-2-1-3-18(12-17)26(29)30/h1-12H,13H2/b21-11+. The van der Waals surface area contributed by atoms with Crippen molar-refractivity contribution < 1.29 is 23.8 Å². The van der Waals surface area contributed by atoms with E-state index in [-0.39, 0.29) is 44.2 Å². The van der Waals surface area contributed by atoms with E-state index in [0.29, 0.717) is 5.56 Å². The summed E-state index contributed by atoms with van der Waals surface area (Å²) < 4.78 is 19.1. The number of hydrogen-bond donors (Lipinski definition) is 0. The minimum Gasteiger partial charge on any atom is -0.488 e. The smallest absolute Gasteiger partial charge is 0.271 e. The minimum absolute atomic E-state index is 0.0631. The highest BCUT2D eigenvalue weighted by Crippen LogP contribution is 2.38. The second kappa shape index (κ2) is 9.99. The zero-order valence-corrected chi connectivity index (χ0v) is 19.3. The largest absolute Gasteiger partial charge is 0.488 e. The molecule has 0 saturated carbocycles. The molecule has 3 aromatic carbocycles. The molecule has 0 unspecified atom stereocenters. The lowest BCUT2D eigenvalue weighted by Gasteiger charge is -2.14. The van der Waals surface area contributed by atoms with Crippen LogP contribution in [0.2, 0.25) is 0 Å². The van der Waals surface area contributed by atoms with Crippen molar-refractivity contribution in [3.05, 3.63) is 109 Å². The van der Waals surface area contributed by atoms with Crippen LogP contribution in [-0.2, 0) is 11.4 Å². The van der Waals surface area contributed by atoms with Gasteiger partial charge in [0.2, 0.25) is 0 Å². The van der Waals surface area contributed by atoms with Crippen LogP contribution >= 0.6 is 24.0 Å². The Kier molecular flexibility index (Phi) is 6.85. The maximum Gasteiger partial charge on any atom is 0.271 e. The van der Waals surface area contributed by atoms with E-state index in [1.54, 1.807) is 12.1 Å². The lowest BCUT2D eigenvalue weighted by atomic mass is 10.1. The molecule has 0 N–H and O–H groups in total. The zero-order valence-electron chi connectivity index (χ0n) is 17.6. The summed E-state index contributed by atoms with van der Waals surface area (Å²) >= 11 is 6.27. The van der Waals surface area contributed by atoms with Gasteiger partial charge in [-0.1, -0.05) is 42.2 Å². The molecule has 1 aliphatic rings. The number of nitrogens with zero attached hydrogens (tertiary/aromatic N) is 3. The van der Waals surface area contributed by atoms with Crippen molar-refractivity contribution in [3.8, 4) is 5.75 Å². The van der Waals surface area contributed by atoms with Gasteiger partial charge in [-0.2, -0.15) is 0 Å². The predicted molar refractivity (Wildman–Crippen MR) is 133 cm³/mol. The third-order valence-corrected chi connectivity index (χ3v) is 6.19. The van der Waals surface area contributed by atoms with Gasteiger partial charge in [-0.05, 0) is 35.9 Å². The van der Waals surface area contributed by atoms with Crippen LogP contribution in [0.4, 0.5) is 21.5 Å². The van der Waals surface area contributed by atoms with Gasteiger partial charge in [-0.15, -0.1) is 0 Å². The Morgan fingerprint density at radius 2 is 1.69 bits per heavy atom. The Labute approximate surface area is 207 Å². The molecule has 0 bridgehead atoms. The second-order valence-electron chi connectivity index (χ2n) is 7.19. The van der Waals surface area contributed by atoms with Crippen LogP contribution in [0.3, 0.4) is 0 Å². The summed E-state index contributed by atoms with van der Waals surface area (Å²) in [4.78, 5) is 35.7. The van der Waals surface area contributed by atoms with Crippen LogP contribution in [0.15, 0.2) is 71.6 Å². The molecular weight excluding hydrogens is 497 g/mol. The number of amides is 1. The first-order valence-electron chi connectivity index (χ1n) is 9.91. The first-order chi connectivity index (χ1) is 16.7. The SMILES string of the molecule is O=C1/C(=C\c2cc([N+](=O)[O-])ccc2OCc2ccc(F)cc2)SC(=S)N1c1cccc([N+](=O)[O-])c1. The fourth-order valence-electron chi connectivity index (χ4n) is 3.21. The number of carbonyl (C=O) groups excluding carboxylic acids is 1. The maximum atomic E-state index is 13.2. The normalized spacial score (nSPS) is 14.4. The van der Waals surface area contributed by atoms with Gasteiger partial charge in [0, 0.05) is 29.8 Å². The molecule has 0 aliphatic carbocycles. The average Bonchev–Trinajstić information content (AvgIpc) is 3.11. The lowest BCUT2D eigenvalue weighted by Crippen LogP contribution is -2.27. The summed E-state index contributed by atoms with van der Waals surface area (Å²) in [6.07, 6.45) is 1.42. The number of anilines is 1. The van der Waals surface area contributed by atoms with E-state index in [0.717, 1.165) is 16.7 Å². The molecule has 4 rings (SSSR count). The molecule has 1 heterocycles. The number of thiocarbonyl (C=S) groups is 1. The number of hydrogen-bond acceptors (Lipinski definition) is 8. The molecule has 0 radical (unpaired) electrons. The van der Waals surface area contributed by atoms with E-state index < -0.39 is 21.6 Å². The number of ether oxygens (including phenoxy) is 1. The first kappa shape index (κ1) is 24.0. The molecule has 12 heteroatoms. The minimum atomic E-state index is -0.579. The lowest BCUT2D eigenvalue weighted by molar-refractivity contribution is -0.385. The van der Waals surface area contributed by atoms with Crippen molar-refractivity contribution >= 4 is 57.3 Å². The van der Waals surface area contributed by atoms with Gasteiger partial charge < -0.3 is 4.74 Å². The Balaban J connectivity index is 1.66. The zero-order chi connectivity index (χ0) is 25.1. The summed E-state index contributed by atoms with van der Waals surface area (Å²) in [6, 6.07) is 15.1. The Bertz CT molecular complexity index is 1390. The van der Waals surface area contributed by atoms with E-state index in [2.05, 4.69) is 0 Å². The fraction of sp³-hybridized carbons (Fsp3) is 0.0435. The van der Waals surface area contributed by atoms with Crippen LogP contribution in [0.25, 0.3) is 6.08 Å². The quantitative estimate of drug-likeness (QED) is 0.174. The number of rotatable bonds is 7. The molecule has 1 fully saturated rings. The third-order valence-electron chi connectivity index (χ3n) is 4.89. The van der Waals surface area contributed by atoms with E-state index in [1.165, 1.54) is 60.7 Å². The molecule has 1 aliphatic heterocycles. The summed E-state index contributed by atoms with van der Waals surface area (Å²) in [5.74, 6) is -0.660. The summed E-state index contributed by atoms with van der Waals surface area (Å²) in [5.41, 5.74) is 0.765. The van der Waals surface area contributed by atoms with E-state index in [1.807, 2.05) is 0 Å². The molecule has 0 aromatic heterocycles. The maximum absolute atomic E-state index is 13.2. The van der Waals surface area contributed by atoms with Crippen LogP contribution in [-0.4, -0.2) is 20.1 Å². The summed E-state index contributed by atoms with van der Waals surface area (Å²) in [6.45, 7) is 0.0631. The number of nitro groups is 2. The highest BCUT2D eigenvalue weighted by Gasteiger charge is 2.34. The highest BCUT2D eigenvalue weighted by molar-refractivity contribution is 8.27. The molecule has 9 nitrogen and oxygen atoms in total. The third kappa shape index (κ3) is 5.34. The average molecular weight is 512 g/mol. The fourth-order valence-corrected chi connectivity index (χ4v) is 4.50. The van der Waals surface area contributed by atoms with Gasteiger partial charge in [-0.3, -0.25) is 29.9 Å². The second-order valence-corrected chi connectivity index (χ2v) is 8.86. The van der Waals surface area contributed by atoms with E-state index in [4.69, 9.17) is 17.0 Å². The Morgan fingerprint density at radius 3 is 2.37 bits per heavy atom. The van der Waals surface area contributed by atoms with Crippen molar-refractivity contribution in [3.63, 3.8) is 0 Å². The van der Waals surface area contributed by atoms with Crippen molar-refractivity contribution in [2.24, 2.45) is 0 Å². The summed E-state index contributed by atoms with van der Waals surface area (Å²) in [7, 11) is 0. The Morgan fingerprint density at radius 1 is 1.00 bits per heavy atom. The van der Waals surface area contributed by atoms with Gasteiger partial charge in [0.05, 0.1) is 20.4 Å². The number of carbonyl (C=O) groups is 1. The van der Waals surface area contributed by atoms with E-state index in [9.17, 15) is 29.4 Å². The monoisotopic (exact) mass is 511 g/mol. The molecule has 176 valence electrons. The van der Waals surface area contributed by atoms with Gasteiger partial charge >= 0.3 is 0 Å². The topological polar surface area (TPSA) is 116 Å². The van der Waals surface area contributed by atoms with Crippen LogP contribution in [0, 0.1) is 26.0 Å². The number of non-ortho nitro benzene ring substituents is 2. The number of nitro benzene ring substituents is 2. The molecule has 1 saturated heterocycles. The van der Waals surface area contributed by atoms with Crippen LogP contribution in [0.1, 0.15) is 11.1 Å². The van der Waals surface area contributed by atoms with Crippen LogP contribution < -0.4 is 9.64 Å². The van der Waals surface area contributed by atoms with Crippen molar-refractivity contribution in [2.45, 2.75) is 6.61 Å². The Hall–Kier alpha value is -4.16. The molecule has 0 spiro atoms. The molecule has 1 amide bonds. The predicted octanol–water partition coefficient (Wildman–Crippen LogP) is 5.63. The molecular formula is C23H14FN3O6S2. The van der Waals surface area contributed by atoms with Gasteiger partial charge in [-0.25, -0.2) is 4.39 Å². The number of thioether (sulfide) groups is 1.